The van der Waals surface area contributed by atoms with Crippen molar-refractivity contribution in [2.24, 2.45) is 0 Å². The van der Waals surface area contributed by atoms with Gasteiger partial charge in [-0.05, 0) is 76.2 Å². The van der Waals surface area contributed by atoms with Gasteiger partial charge in [-0.25, -0.2) is 9.78 Å². The molecular formula is C33H37N7O. The molecule has 6 rings (SSSR count). The average molecular weight is 548 g/mol. The van der Waals surface area contributed by atoms with Crippen LogP contribution in [-0.2, 0) is 6.54 Å². The Balaban J connectivity index is 1.38. The van der Waals surface area contributed by atoms with Crippen molar-refractivity contribution in [2.45, 2.75) is 39.3 Å². The van der Waals surface area contributed by atoms with Gasteiger partial charge < -0.3 is 20.1 Å². The van der Waals surface area contributed by atoms with E-state index in [4.69, 9.17) is 5.10 Å². The molecule has 2 amide bonds. The van der Waals surface area contributed by atoms with Gasteiger partial charge in [0, 0.05) is 71.5 Å². The molecule has 0 aliphatic carbocycles. The van der Waals surface area contributed by atoms with Crippen molar-refractivity contribution < 1.29 is 4.79 Å². The summed E-state index contributed by atoms with van der Waals surface area (Å²) in [5.41, 5.74) is 9.14. The molecule has 0 unspecified atom stereocenters. The zero-order valence-electron chi connectivity index (χ0n) is 24.2. The molecule has 210 valence electrons. The number of pyridine rings is 1. The van der Waals surface area contributed by atoms with Crippen molar-refractivity contribution in [2.75, 3.05) is 32.5 Å². The van der Waals surface area contributed by atoms with E-state index in [1.807, 2.05) is 40.0 Å². The summed E-state index contributed by atoms with van der Waals surface area (Å²) in [7, 11) is 4.17. The number of hydrogen-bond acceptors (Lipinski definition) is 4. The Kier molecular flexibility index (Phi) is 7.32. The first-order valence-corrected chi connectivity index (χ1v) is 14.3. The van der Waals surface area contributed by atoms with Crippen molar-refractivity contribution >= 4 is 22.8 Å². The number of nitrogens with one attached hydrogen (secondary N) is 2. The first-order chi connectivity index (χ1) is 19.9. The second-order valence-corrected chi connectivity index (χ2v) is 11.4. The van der Waals surface area contributed by atoms with Crippen LogP contribution >= 0.6 is 0 Å². The normalized spacial score (nSPS) is 13.6. The molecule has 1 fully saturated rings. The Labute approximate surface area is 241 Å². The third-order valence-electron chi connectivity index (χ3n) is 7.68. The van der Waals surface area contributed by atoms with Gasteiger partial charge >= 0.3 is 6.03 Å². The quantitative estimate of drug-likeness (QED) is 0.229. The first kappa shape index (κ1) is 26.8. The lowest BCUT2D eigenvalue weighted by molar-refractivity contribution is 0.222. The van der Waals surface area contributed by atoms with Gasteiger partial charge in [0.05, 0.1) is 0 Å². The van der Waals surface area contributed by atoms with Crippen LogP contribution < -0.4 is 5.32 Å². The van der Waals surface area contributed by atoms with E-state index in [-0.39, 0.29) is 12.1 Å². The number of aromatic amines is 1. The second kappa shape index (κ2) is 11.2. The molecule has 2 aromatic carbocycles. The number of urea groups is 1. The number of rotatable bonds is 7. The van der Waals surface area contributed by atoms with Gasteiger partial charge in [-0.3, -0.25) is 4.68 Å². The largest absolute Gasteiger partial charge is 0.339 e. The summed E-state index contributed by atoms with van der Waals surface area (Å²) in [5, 5.41) is 9.11. The number of likely N-dealkylation sites (tertiary alicyclic amines) is 1. The van der Waals surface area contributed by atoms with E-state index in [0.29, 0.717) is 0 Å². The number of aromatic nitrogens is 4. The van der Waals surface area contributed by atoms with Crippen LogP contribution in [0.2, 0.25) is 0 Å². The zero-order chi connectivity index (χ0) is 28.5. The maximum absolute atomic E-state index is 12.6. The summed E-state index contributed by atoms with van der Waals surface area (Å²) in [6, 6.07) is 20.9. The van der Waals surface area contributed by atoms with E-state index in [1.165, 1.54) is 11.1 Å². The fraction of sp³-hybridized carbons (Fsp3) is 0.303. The minimum absolute atomic E-state index is 0.0328. The average Bonchev–Trinajstić information content (AvgIpc) is 3.73. The molecule has 0 spiro atoms. The Bertz CT molecular complexity index is 1670. The molecule has 5 aromatic rings. The number of anilines is 1. The van der Waals surface area contributed by atoms with E-state index >= 15 is 0 Å². The minimum atomic E-state index is -0.0328. The van der Waals surface area contributed by atoms with Crippen LogP contribution in [0, 0.1) is 0 Å². The molecular weight excluding hydrogens is 510 g/mol. The summed E-state index contributed by atoms with van der Waals surface area (Å²) < 4.78 is 2.01. The number of carbonyl (C=O) groups excluding carboxylic acids is 1. The number of benzene rings is 2. The predicted molar refractivity (Wildman–Crippen MR) is 166 cm³/mol. The fourth-order valence-electron chi connectivity index (χ4n) is 5.57. The van der Waals surface area contributed by atoms with E-state index < -0.39 is 0 Å². The second-order valence-electron chi connectivity index (χ2n) is 11.4. The van der Waals surface area contributed by atoms with Gasteiger partial charge in [0.25, 0.3) is 0 Å². The van der Waals surface area contributed by atoms with E-state index in [0.717, 1.165) is 77.3 Å². The van der Waals surface area contributed by atoms with Crippen molar-refractivity contribution in [3.8, 4) is 33.6 Å². The molecule has 0 saturated carbocycles. The number of hydrogen-bond donors (Lipinski definition) is 2. The van der Waals surface area contributed by atoms with Crippen molar-refractivity contribution in [1.29, 1.82) is 0 Å². The third kappa shape index (κ3) is 5.47. The molecule has 41 heavy (non-hydrogen) atoms. The molecule has 1 aliphatic rings. The molecule has 8 heteroatoms. The first-order valence-electron chi connectivity index (χ1n) is 14.3. The molecule has 3 aromatic heterocycles. The van der Waals surface area contributed by atoms with E-state index in [1.54, 1.807) is 0 Å². The smallest absolute Gasteiger partial charge is 0.321 e. The summed E-state index contributed by atoms with van der Waals surface area (Å²) in [5.74, 6) is 0. The van der Waals surface area contributed by atoms with Gasteiger partial charge in [0.15, 0.2) is 0 Å². The topological polar surface area (TPSA) is 82.1 Å². The van der Waals surface area contributed by atoms with Crippen LogP contribution in [0.3, 0.4) is 0 Å². The van der Waals surface area contributed by atoms with Crippen molar-refractivity contribution in [1.82, 2.24) is 29.5 Å². The van der Waals surface area contributed by atoms with Gasteiger partial charge in [-0.1, -0.05) is 36.4 Å². The lowest BCUT2D eigenvalue weighted by Gasteiger charge is -2.16. The Hall–Kier alpha value is -4.43. The maximum atomic E-state index is 12.6. The highest BCUT2D eigenvalue weighted by molar-refractivity contribution is 5.99. The number of nitrogens with zero attached hydrogens (tertiary/aromatic N) is 5. The van der Waals surface area contributed by atoms with Gasteiger partial charge in [-0.2, -0.15) is 5.10 Å². The molecule has 0 radical (unpaired) electrons. The van der Waals surface area contributed by atoms with Crippen LogP contribution in [0.5, 0.6) is 0 Å². The highest BCUT2D eigenvalue weighted by Crippen LogP contribution is 2.38. The Morgan fingerprint density at radius 3 is 2.49 bits per heavy atom. The van der Waals surface area contributed by atoms with E-state index in [2.05, 4.69) is 90.7 Å². The summed E-state index contributed by atoms with van der Waals surface area (Å²) in [6.07, 6.45) is 6.13. The molecule has 0 bridgehead atoms. The Morgan fingerprint density at radius 1 is 1.00 bits per heavy atom. The monoisotopic (exact) mass is 547 g/mol. The van der Waals surface area contributed by atoms with Crippen LogP contribution in [-0.4, -0.2) is 62.8 Å². The predicted octanol–water partition coefficient (Wildman–Crippen LogP) is 7.03. The summed E-state index contributed by atoms with van der Waals surface area (Å²) in [4.78, 5) is 24.9. The molecule has 8 nitrogen and oxygen atoms in total. The van der Waals surface area contributed by atoms with Crippen molar-refractivity contribution in [3.05, 3.63) is 78.6 Å². The summed E-state index contributed by atoms with van der Waals surface area (Å²) in [6.45, 7) is 6.77. The Morgan fingerprint density at radius 2 is 1.76 bits per heavy atom. The fourth-order valence-corrected chi connectivity index (χ4v) is 5.57. The van der Waals surface area contributed by atoms with E-state index in [9.17, 15) is 4.79 Å². The van der Waals surface area contributed by atoms with Gasteiger partial charge in [-0.15, -0.1) is 0 Å². The highest BCUT2D eigenvalue weighted by Gasteiger charge is 2.20. The third-order valence-corrected chi connectivity index (χ3v) is 7.68. The summed E-state index contributed by atoms with van der Waals surface area (Å²) >= 11 is 0. The van der Waals surface area contributed by atoms with Gasteiger partial charge in [0.2, 0.25) is 0 Å². The minimum Gasteiger partial charge on any atom is -0.339 e. The van der Waals surface area contributed by atoms with Crippen LogP contribution in [0.4, 0.5) is 10.5 Å². The standard InChI is InChI=1S/C33H37N7O/c1-22(2)40-21-29(31(37-40)23-11-13-25(14-12-23)35-33(41)39-17-7-8-18-39)27-15-16-34-32-28(27)19-30(36-32)26-10-6-5-9-24(26)20-38(3)4/h5-6,9-16,19,21-22H,7-8,17-18,20H2,1-4H3,(H,34,36)(H,35,41). The highest BCUT2D eigenvalue weighted by atomic mass is 16.2. The molecule has 2 N–H and O–H groups in total. The van der Waals surface area contributed by atoms with Crippen LogP contribution in [0.25, 0.3) is 44.7 Å². The van der Waals surface area contributed by atoms with Crippen LogP contribution in [0.1, 0.15) is 38.3 Å². The van der Waals surface area contributed by atoms with Crippen LogP contribution in [0.15, 0.2) is 73.1 Å². The number of H-pyrrole nitrogens is 1. The molecule has 4 heterocycles. The van der Waals surface area contributed by atoms with Crippen molar-refractivity contribution in [3.63, 3.8) is 0 Å². The number of amides is 2. The molecule has 0 atom stereocenters. The lowest BCUT2D eigenvalue weighted by Crippen LogP contribution is -2.32. The number of fused-ring (bicyclic) bond motifs is 1. The number of carbonyl (C=O) groups is 1. The molecule has 1 saturated heterocycles. The molecule has 1 aliphatic heterocycles. The zero-order valence-corrected chi connectivity index (χ0v) is 24.2. The SMILES string of the molecule is CC(C)n1cc(-c2ccnc3[nH]c(-c4ccccc4CN(C)C)cc23)c(-c2ccc(NC(=O)N3CCCC3)cc2)n1. The lowest BCUT2D eigenvalue weighted by atomic mass is 9.99. The van der Waals surface area contributed by atoms with Gasteiger partial charge in [0.1, 0.15) is 11.3 Å². The maximum Gasteiger partial charge on any atom is 0.321 e.